The maximum atomic E-state index is 9.85. The van der Waals surface area contributed by atoms with Gasteiger partial charge in [-0.3, -0.25) is 0 Å². The fourth-order valence-electron chi connectivity index (χ4n) is 2.31. The molecule has 0 aliphatic carbocycles. The molecule has 0 bridgehead atoms. The topological polar surface area (TPSA) is 20.2 Å². The Balaban J connectivity index is 2.29. The van der Waals surface area contributed by atoms with E-state index in [1.54, 1.807) is 6.07 Å². The van der Waals surface area contributed by atoms with Crippen LogP contribution in [0.3, 0.4) is 0 Å². The lowest BCUT2D eigenvalue weighted by Crippen LogP contribution is -1.91. The first-order valence-corrected chi connectivity index (χ1v) is 7.23. The van der Waals surface area contributed by atoms with Crippen molar-refractivity contribution in [1.29, 1.82) is 0 Å². The predicted molar refractivity (Wildman–Crippen MR) is 79.9 cm³/mol. The van der Waals surface area contributed by atoms with Gasteiger partial charge in [0.2, 0.25) is 0 Å². The fourth-order valence-corrected chi connectivity index (χ4v) is 2.31. The van der Waals surface area contributed by atoms with E-state index in [4.69, 9.17) is 0 Å². The molecule has 0 amide bonds. The van der Waals surface area contributed by atoms with Crippen LogP contribution in [0.15, 0.2) is 24.8 Å². The first-order chi connectivity index (χ1) is 8.79. The third kappa shape index (κ3) is 4.95. The Kier molecular flexibility index (Phi) is 7.24. The molecule has 0 saturated heterocycles. The Morgan fingerprint density at radius 2 is 1.72 bits per heavy atom. The zero-order valence-corrected chi connectivity index (χ0v) is 11.6. The van der Waals surface area contributed by atoms with Gasteiger partial charge in [-0.25, -0.2) is 0 Å². The van der Waals surface area contributed by atoms with E-state index in [9.17, 15) is 5.11 Å². The minimum Gasteiger partial charge on any atom is -0.508 e. The molecule has 0 aliphatic heterocycles. The highest BCUT2D eigenvalue weighted by molar-refractivity contribution is 5.56. The molecule has 0 aliphatic rings. The molecule has 100 valence electrons. The monoisotopic (exact) mass is 246 g/mol. The van der Waals surface area contributed by atoms with Crippen molar-refractivity contribution in [2.45, 2.75) is 58.3 Å². The molecule has 1 N–H and O–H groups in total. The summed E-state index contributed by atoms with van der Waals surface area (Å²) in [6.45, 7) is 6.04. The van der Waals surface area contributed by atoms with E-state index >= 15 is 0 Å². The summed E-state index contributed by atoms with van der Waals surface area (Å²) in [5.41, 5.74) is 2.13. The summed E-state index contributed by atoms with van der Waals surface area (Å²) < 4.78 is 0. The summed E-state index contributed by atoms with van der Waals surface area (Å²) in [7, 11) is 0. The Labute approximate surface area is 112 Å². The van der Waals surface area contributed by atoms with Crippen LogP contribution in [0.1, 0.15) is 63.0 Å². The summed E-state index contributed by atoms with van der Waals surface area (Å²) in [4.78, 5) is 0. The van der Waals surface area contributed by atoms with Crippen LogP contribution in [0.25, 0.3) is 6.08 Å². The molecule has 1 heteroatoms. The summed E-state index contributed by atoms with van der Waals surface area (Å²) in [6.07, 6.45) is 11.9. The van der Waals surface area contributed by atoms with Crippen molar-refractivity contribution in [1.82, 2.24) is 0 Å². The van der Waals surface area contributed by atoms with Crippen LogP contribution in [0.5, 0.6) is 5.75 Å². The van der Waals surface area contributed by atoms with Crippen molar-refractivity contribution >= 4 is 6.08 Å². The zero-order chi connectivity index (χ0) is 13.2. The molecular formula is C17H26O. The standard InChI is InChI=1S/C17H26O/c1-3-5-6-7-8-9-10-13-16-15(4-2)12-11-14-17(16)18/h4,11-12,14,18H,2-3,5-10,13H2,1H3. The fraction of sp³-hybridized carbons (Fsp3) is 0.529. The van der Waals surface area contributed by atoms with Gasteiger partial charge < -0.3 is 5.11 Å². The van der Waals surface area contributed by atoms with Crippen molar-refractivity contribution in [3.63, 3.8) is 0 Å². The van der Waals surface area contributed by atoms with E-state index in [-0.39, 0.29) is 0 Å². The molecule has 1 aromatic rings. The van der Waals surface area contributed by atoms with Gasteiger partial charge in [0, 0.05) is 5.56 Å². The first-order valence-electron chi connectivity index (χ1n) is 7.23. The Bertz CT molecular complexity index is 355. The lowest BCUT2D eigenvalue weighted by molar-refractivity contribution is 0.465. The molecule has 18 heavy (non-hydrogen) atoms. The van der Waals surface area contributed by atoms with Gasteiger partial charge in [-0.15, -0.1) is 0 Å². The van der Waals surface area contributed by atoms with E-state index in [1.807, 2.05) is 18.2 Å². The van der Waals surface area contributed by atoms with Crippen LogP contribution in [-0.4, -0.2) is 5.11 Å². The third-order valence-corrected chi connectivity index (χ3v) is 3.44. The van der Waals surface area contributed by atoms with Crippen LogP contribution in [-0.2, 0) is 6.42 Å². The van der Waals surface area contributed by atoms with Crippen molar-refractivity contribution in [2.24, 2.45) is 0 Å². The van der Waals surface area contributed by atoms with Crippen LogP contribution >= 0.6 is 0 Å². The van der Waals surface area contributed by atoms with E-state index < -0.39 is 0 Å². The second-order valence-electron chi connectivity index (χ2n) is 4.92. The molecule has 0 spiro atoms. The van der Waals surface area contributed by atoms with Crippen LogP contribution in [0, 0.1) is 0 Å². The average molecular weight is 246 g/mol. The summed E-state index contributed by atoms with van der Waals surface area (Å²) >= 11 is 0. The van der Waals surface area contributed by atoms with Crippen LogP contribution < -0.4 is 0 Å². The second-order valence-corrected chi connectivity index (χ2v) is 4.92. The van der Waals surface area contributed by atoms with E-state index in [1.165, 1.54) is 38.5 Å². The highest BCUT2D eigenvalue weighted by atomic mass is 16.3. The largest absolute Gasteiger partial charge is 0.508 e. The second kappa shape index (κ2) is 8.79. The van der Waals surface area contributed by atoms with E-state index in [0.29, 0.717) is 5.75 Å². The number of rotatable bonds is 9. The lowest BCUT2D eigenvalue weighted by atomic mass is 9.99. The van der Waals surface area contributed by atoms with E-state index in [2.05, 4.69) is 13.5 Å². The highest BCUT2D eigenvalue weighted by Crippen LogP contribution is 2.24. The minimum absolute atomic E-state index is 0.415. The van der Waals surface area contributed by atoms with Gasteiger partial charge in [-0.05, 0) is 24.5 Å². The number of phenols is 1. The predicted octanol–water partition coefficient (Wildman–Crippen LogP) is 5.33. The molecule has 0 unspecified atom stereocenters. The van der Waals surface area contributed by atoms with Gasteiger partial charge in [-0.2, -0.15) is 0 Å². The maximum Gasteiger partial charge on any atom is 0.119 e. The van der Waals surface area contributed by atoms with E-state index in [0.717, 1.165) is 24.0 Å². The van der Waals surface area contributed by atoms with Crippen molar-refractivity contribution in [3.8, 4) is 5.75 Å². The Morgan fingerprint density at radius 3 is 2.39 bits per heavy atom. The SMILES string of the molecule is C=Cc1cccc(O)c1CCCCCCCCC. The average Bonchev–Trinajstić information content (AvgIpc) is 2.39. The Hall–Kier alpha value is -1.24. The van der Waals surface area contributed by atoms with Gasteiger partial charge in [0.25, 0.3) is 0 Å². The summed E-state index contributed by atoms with van der Waals surface area (Å²) in [5, 5.41) is 9.85. The molecule has 0 aromatic heterocycles. The van der Waals surface area contributed by atoms with Gasteiger partial charge in [0.1, 0.15) is 5.75 Å². The van der Waals surface area contributed by atoms with Crippen LogP contribution in [0.2, 0.25) is 0 Å². The molecule has 0 saturated carbocycles. The molecule has 0 atom stereocenters. The van der Waals surface area contributed by atoms with Crippen molar-refractivity contribution in [3.05, 3.63) is 35.9 Å². The molecule has 0 radical (unpaired) electrons. The van der Waals surface area contributed by atoms with Gasteiger partial charge >= 0.3 is 0 Å². The molecule has 0 heterocycles. The van der Waals surface area contributed by atoms with Crippen molar-refractivity contribution < 1.29 is 5.11 Å². The maximum absolute atomic E-state index is 9.85. The quantitative estimate of drug-likeness (QED) is 0.584. The number of hydrogen-bond donors (Lipinski definition) is 1. The number of hydrogen-bond acceptors (Lipinski definition) is 1. The number of unbranched alkanes of at least 4 members (excludes halogenated alkanes) is 6. The third-order valence-electron chi connectivity index (χ3n) is 3.44. The normalized spacial score (nSPS) is 10.5. The summed E-state index contributed by atoms with van der Waals surface area (Å²) in [6, 6.07) is 5.66. The molecule has 0 fully saturated rings. The Morgan fingerprint density at radius 1 is 1.06 bits per heavy atom. The number of aromatic hydroxyl groups is 1. The molecule has 1 rings (SSSR count). The highest BCUT2D eigenvalue weighted by Gasteiger charge is 2.04. The molecule has 1 aromatic carbocycles. The first kappa shape index (κ1) is 14.8. The van der Waals surface area contributed by atoms with Gasteiger partial charge in [-0.1, -0.05) is 70.2 Å². The van der Waals surface area contributed by atoms with Gasteiger partial charge in [0.05, 0.1) is 0 Å². The van der Waals surface area contributed by atoms with Gasteiger partial charge in [0.15, 0.2) is 0 Å². The smallest absolute Gasteiger partial charge is 0.119 e. The van der Waals surface area contributed by atoms with Crippen LogP contribution in [0.4, 0.5) is 0 Å². The number of benzene rings is 1. The number of phenolic OH excluding ortho intramolecular Hbond substituents is 1. The minimum atomic E-state index is 0.415. The van der Waals surface area contributed by atoms with Crippen molar-refractivity contribution in [2.75, 3.05) is 0 Å². The molecular weight excluding hydrogens is 220 g/mol. The summed E-state index contributed by atoms with van der Waals surface area (Å²) in [5.74, 6) is 0.415. The molecule has 1 nitrogen and oxygen atoms in total. The zero-order valence-electron chi connectivity index (χ0n) is 11.6. The lowest BCUT2D eigenvalue weighted by Gasteiger charge is -2.08.